The van der Waals surface area contributed by atoms with Gasteiger partial charge in [0.2, 0.25) is 0 Å². The van der Waals surface area contributed by atoms with E-state index in [4.69, 9.17) is 20.9 Å². The maximum absolute atomic E-state index is 5.91. The fourth-order valence-electron chi connectivity index (χ4n) is 2.19. The van der Waals surface area contributed by atoms with E-state index in [1.54, 1.807) is 14.2 Å². The lowest BCUT2D eigenvalue weighted by molar-refractivity contribution is 0.407. The first-order valence-corrected chi connectivity index (χ1v) is 6.00. The molecule has 0 saturated carbocycles. The van der Waals surface area contributed by atoms with Crippen molar-refractivity contribution in [1.29, 1.82) is 0 Å². The first-order chi connectivity index (χ1) is 9.17. The highest BCUT2D eigenvalue weighted by atomic mass is 16.5. The van der Waals surface area contributed by atoms with Crippen molar-refractivity contribution in [3.8, 4) is 11.5 Å². The number of anilines is 2. The lowest BCUT2D eigenvalue weighted by Crippen LogP contribution is -2.01. The Morgan fingerprint density at radius 2 is 1.21 bits per heavy atom. The van der Waals surface area contributed by atoms with Crippen LogP contribution >= 0.6 is 0 Å². The predicted octanol–water partition coefficient (Wildman–Crippen LogP) is 2.46. The highest BCUT2D eigenvalue weighted by molar-refractivity contribution is 5.61. The third kappa shape index (κ3) is 2.57. The van der Waals surface area contributed by atoms with Gasteiger partial charge in [-0.3, -0.25) is 0 Å². The van der Waals surface area contributed by atoms with Gasteiger partial charge in [0, 0.05) is 17.5 Å². The average Bonchev–Trinajstić information content (AvgIpc) is 2.39. The minimum absolute atomic E-state index is 0.628. The van der Waals surface area contributed by atoms with Crippen LogP contribution in [0.2, 0.25) is 0 Å². The first kappa shape index (κ1) is 13.1. The fraction of sp³-hybridized carbons (Fsp3) is 0.200. The number of para-hydroxylation sites is 2. The van der Waals surface area contributed by atoms with Crippen LogP contribution in [-0.2, 0) is 6.42 Å². The summed E-state index contributed by atoms with van der Waals surface area (Å²) in [6, 6.07) is 11.4. The molecule has 4 N–H and O–H groups in total. The minimum atomic E-state index is 0.628. The van der Waals surface area contributed by atoms with Crippen LogP contribution in [0.5, 0.6) is 11.5 Å². The lowest BCUT2D eigenvalue weighted by Gasteiger charge is -2.14. The number of rotatable bonds is 4. The van der Waals surface area contributed by atoms with Crippen LogP contribution < -0.4 is 20.9 Å². The molecule has 0 aromatic heterocycles. The number of nitrogens with two attached hydrogens (primary N) is 2. The summed E-state index contributed by atoms with van der Waals surface area (Å²) in [6.07, 6.45) is 0.655. The fourth-order valence-corrected chi connectivity index (χ4v) is 2.19. The molecule has 2 aromatic carbocycles. The molecule has 0 unspecified atom stereocenters. The van der Waals surface area contributed by atoms with Crippen molar-refractivity contribution in [3.05, 3.63) is 47.5 Å². The smallest absolute Gasteiger partial charge is 0.145 e. The Balaban J connectivity index is 2.42. The van der Waals surface area contributed by atoms with Crippen molar-refractivity contribution in [1.82, 2.24) is 0 Å². The topological polar surface area (TPSA) is 70.5 Å². The molecule has 0 spiro atoms. The van der Waals surface area contributed by atoms with Crippen LogP contribution in [0.15, 0.2) is 36.4 Å². The van der Waals surface area contributed by atoms with Gasteiger partial charge in [0.25, 0.3) is 0 Å². The van der Waals surface area contributed by atoms with E-state index in [-0.39, 0.29) is 0 Å². The Bertz CT molecular complexity index is 531. The summed E-state index contributed by atoms with van der Waals surface area (Å²) in [5, 5.41) is 0. The van der Waals surface area contributed by atoms with Gasteiger partial charge < -0.3 is 20.9 Å². The third-order valence-corrected chi connectivity index (χ3v) is 3.04. The molecule has 2 rings (SSSR count). The van der Waals surface area contributed by atoms with E-state index >= 15 is 0 Å². The van der Waals surface area contributed by atoms with Crippen LogP contribution in [0, 0.1) is 0 Å². The molecule has 0 heterocycles. The zero-order valence-electron chi connectivity index (χ0n) is 11.1. The van der Waals surface area contributed by atoms with Crippen molar-refractivity contribution in [2.24, 2.45) is 0 Å². The molecule has 0 aliphatic rings. The monoisotopic (exact) mass is 258 g/mol. The zero-order valence-corrected chi connectivity index (χ0v) is 11.1. The molecule has 19 heavy (non-hydrogen) atoms. The molecule has 0 atom stereocenters. The average molecular weight is 258 g/mol. The van der Waals surface area contributed by atoms with Crippen molar-refractivity contribution in [3.63, 3.8) is 0 Å². The Morgan fingerprint density at radius 3 is 1.58 bits per heavy atom. The Morgan fingerprint density at radius 1 is 0.789 bits per heavy atom. The van der Waals surface area contributed by atoms with Gasteiger partial charge in [-0.15, -0.1) is 0 Å². The summed E-state index contributed by atoms with van der Waals surface area (Å²) in [6.45, 7) is 0. The number of methoxy groups -OCH3 is 2. The molecule has 0 bridgehead atoms. The van der Waals surface area contributed by atoms with E-state index in [1.165, 1.54) is 0 Å². The van der Waals surface area contributed by atoms with Crippen molar-refractivity contribution in [2.75, 3.05) is 25.7 Å². The largest absolute Gasteiger partial charge is 0.494 e. The standard InChI is InChI=1S/C15H18N2O2/c1-18-14-10(5-3-7-12(14)16)9-11-6-4-8-13(17)15(11)19-2/h3-8H,9,16-17H2,1-2H3. The Labute approximate surface area is 112 Å². The zero-order chi connectivity index (χ0) is 13.8. The van der Waals surface area contributed by atoms with Gasteiger partial charge in [0.15, 0.2) is 0 Å². The van der Waals surface area contributed by atoms with Gasteiger partial charge in [-0.1, -0.05) is 24.3 Å². The van der Waals surface area contributed by atoms with Crippen LogP contribution in [0.1, 0.15) is 11.1 Å². The minimum Gasteiger partial charge on any atom is -0.494 e. The summed E-state index contributed by atoms with van der Waals surface area (Å²) in [4.78, 5) is 0. The van der Waals surface area contributed by atoms with Gasteiger partial charge >= 0.3 is 0 Å². The summed E-state index contributed by atoms with van der Waals surface area (Å²) in [7, 11) is 3.23. The van der Waals surface area contributed by atoms with Gasteiger partial charge in [0.1, 0.15) is 11.5 Å². The molecule has 2 aromatic rings. The molecule has 0 aliphatic carbocycles. The molecule has 0 radical (unpaired) electrons. The van der Waals surface area contributed by atoms with Crippen LogP contribution in [-0.4, -0.2) is 14.2 Å². The summed E-state index contributed by atoms with van der Waals surface area (Å²) >= 11 is 0. The first-order valence-electron chi connectivity index (χ1n) is 6.00. The molecular weight excluding hydrogens is 240 g/mol. The summed E-state index contributed by atoms with van der Waals surface area (Å²) in [5.74, 6) is 1.40. The second kappa shape index (κ2) is 5.52. The summed E-state index contributed by atoms with van der Waals surface area (Å²) < 4.78 is 10.7. The third-order valence-electron chi connectivity index (χ3n) is 3.04. The number of ether oxygens (including phenoxy) is 2. The highest BCUT2D eigenvalue weighted by Crippen LogP contribution is 2.32. The molecule has 0 fully saturated rings. The number of benzene rings is 2. The maximum Gasteiger partial charge on any atom is 0.145 e. The van der Waals surface area contributed by atoms with E-state index in [9.17, 15) is 0 Å². The molecular formula is C15H18N2O2. The van der Waals surface area contributed by atoms with Crippen LogP contribution in [0.3, 0.4) is 0 Å². The highest BCUT2D eigenvalue weighted by Gasteiger charge is 2.11. The van der Waals surface area contributed by atoms with Crippen molar-refractivity contribution in [2.45, 2.75) is 6.42 Å². The van der Waals surface area contributed by atoms with Crippen LogP contribution in [0.25, 0.3) is 0 Å². The predicted molar refractivity (Wildman–Crippen MR) is 77.6 cm³/mol. The van der Waals surface area contributed by atoms with Gasteiger partial charge in [-0.2, -0.15) is 0 Å². The van der Waals surface area contributed by atoms with Gasteiger partial charge in [0.05, 0.1) is 25.6 Å². The van der Waals surface area contributed by atoms with E-state index in [2.05, 4.69) is 0 Å². The van der Waals surface area contributed by atoms with Gasteiger partial charge in [-0.25, -0.2) is 0 Å². The summed E-state index contributed by atoms with van der Waals surface area (Å²) in [5.41, 5.74) is 15.1. The Kier molecular flexibility index (Phi) is 3.80. The van der Waals surface area contributed by atoms with Crippen molar-refractivity contribution < 1.29 is 9.47 Å². The van der Waals surface area contributed by atoms with E-state index in [0.717, 1.165) is 11.1 Å². The molecule has 0 saturated heterocycles. The molecule has 4 nitrogen and oxygen atoms in total. The van der Waals surface area contributed by atoms with E-state index in [0.29, 0.717) is 29.3 Å². The molecule has 4 heteroatoms. The van der Waals surface area contributed by atoms with Crippen molar-refractivity contribution >= 4 is 11.4 Å². The van der Waals surface area contributed by atoms with E-state index in [1.807, 2.05) is 36.4 Å². The molecule has 100 valence electrons. The maximum atomic E-state index is 5.91. The second-order valence-electron chi connectivity index (χ2n) is 4.26. The quantitative estimate of drug-likeness (QED) is 0.826. The normalized spacial score (nSPS) is 10.2. The Hall–Kier alpha value is -2.36. The number of nitrogen functional groups attached to an aromatic ring is 2. The SMILES string of the molecule is COc1c(N)cccc1Cc1cccc(N)c1OC. The van der Waals surface area contributed by atoms with E-state index < -0.39 is 0 Å². The molecule has 0 aliphatic heterocycles. The van der Waals surface area contributed by atoms with Crippen LogP contribution in [0.4, 0.5) is 11.4 Å². The van der Waals surface area contributed by atoms with Gasteiger partial charge in [-0.05, 0) is 12.1 Å². The molecule has 0 amide bonds. The number of hydrogen-bond donors (Lipinski definition) is 2. The second-order valence-corrected chi connectivity index (χ2v) is 4.26. The lowest BCUT2D eigenvalue weighted by atomic mass is 10.0. The number of hydrogen-bond acceptors (Lipinski definition) is 4.